The summed E-state index contributed by atoms with van der Waals surface area (Å²) in [5, 5.41) is 11.1. The summed E-state index contributed by atoms with van der Waals surface area (Å²) in [7, 11) is 1.22. The molecule has 7 nitrogen and oxygen atoms in total. The van der Waals surface area contributed by atoms with Crippen LogP contribution in [0.25, 0.3) is 0 Å². The minimum atomic E-state index is -0.701. The van der Waals surface area contributed by atoms with Crippen molar-refractivity contribution in [2.75, 3.05) is 44.7 Å². The lowest BCUT2D eigenvalue weighted by Gasteiger charge is -2.36. The fourth-order valence-corrected chi connectivity index (χ4v) is 3.11. The molecule has 0 bridgehead atoms. The molecule has 1 fully saturated rings. The first kappa shape index (κ1) is 20.4. The molecule has 2 rings (SSSR count). The third kappa shape index (κ3) is 4.67. The molecule has 1 aliphatic heterocycles. The Morgan fingerprint density at radius 3 is 2.33 bits per heavy atom. The van der Waals surface area contributed by atoms with E-state index in [1.165, 1.54) is 19.2 Å². The number of methoxy groups -OCH3 is 1. The summed E-state index contributed by atoms with van der Waals surface area (Å²) in [4.78, 5) is 26.8. The molecule has 0 atom stereocenters. The third-order valence-electron chi connectivity index (χ3n) is 3.83. The summed E-state index contributed by atoms with van der Waals surface area (Å²) < 4.78 is 5.27. The Morgan fingerprint density at radius 2 is 1.88 bits per heavy atom. The fourth-order valence-electron chi connectivity index (χ4n) is 2.52. The van der Waals surface area contributed by atoms with E-state index >= 15 is 0 Å². The van der Waals surface area contributed by atoms with Gasteiger partial charge in [-0.25, -0.2) is 4.79 Å². The molecule has 0 unspecified atom stereocenters. The standard InChI is InChI=1S/C14H18BrN3O4.C2H6/c1-3-16-4-6-17(7-5-16)13-8-10(14(19)22-2)12(18(20)21)9-11(13)15;1-2/h8-9H,3-7H2,1-2H3;1-2H3. The first-order valence-electron chi connectivity index (χ1n) is 8.01. The molecule has 1 saturated heterocycles. The number of rotatable bonds is 4. The summed E-state index contributed by atoms with van der Waals surface area (Å²) in [5.41, 5.74) is 0.500. The highest BCUT2D eigenvalue weighted by Gasteiger charge is 2.26. The molecule has 0 spiro atoms. The van der Waals surface area contributed by atoms with Gasteiger partial charge in [0.15, 0.2) is 0 Å². The Morgan fingerprint density at radius 1 is 1.29 bits per heavy atom. The van der Waals surface area contributed by atoms with Gasteiger partial charge in [-0.15, -0.1) is 0 Å². The van der Waals surface area contributed by atoms with Gasteiger partial charge in [-0.2, -0.15) is 0 Å². The van der Waals surface area contributed by atoms with Gasteiger partial charge in [0.05, 0.1) is 17.7 Å². The maximum absolute atomic E-state index is 11.8. The zero-order valence-corrected chi connectivity index (χ0v) is 16.1. The second-order valence-corrected chi connectivity index (χ2v) is 5.85. The molecular formula is C16H24BrN3O4. The number of hydrogen-bond donors (Lipinski definition) is 0. The lowest BCUT2D eigenvalue weighted by molar-refractivity contribution is -0.385. The minimum absolute atomic E-state index is 0.0244. The highest BCUT2D eigenvalue weighted by Crippen LogP contribution is 2.34. The van der Waals surface area contributed by atoms with Gasteiger partial charge >= 0.3 is 5.97 Å². The second kappa shape index (κ2) is 9.58. The fraction of sp³-hybridized carbons (Fsp3) is 0.562. The van der Waals surface area contributed by atoms with Crippen LogP contribution in [0, 0.1) is 10.1 Å². The Labute approximate surface area is 150 Å². The molecule has 1 heterocycles. The predicted octanol–water partition coefficient (Wildman–Crippen LogP) is 3.31. The molecule has 1 aliphatic rings. The maximum atomic E-state index is 11.8. The van der Waals surface area contributed by atoms with Crippen LogP contribution in [0.3, 0.4) is 0 Å². The van der Waals surface area contributed by atoms with E-state index < -0.39 is 10.9 Å². The highest BCUT2D eigenvalue weighted by atomic mass is 79.9. The zero-order chi connectivity index (χ0) is 18.3. The van der Waals surface area contributed by atoms with Crippen molar-refractivity contribution in [1.82, 2.24) is 4.90 Å². The first-order valence-corrected chi connectivity index (χ1v) is 8.80. The SMILES string of the molecule is CC.CCN1CCN(c2cc(C(=O)OC)c([N+](=O)[O-])cc2Br)CC1. The van der Waals surface area contributed by atoms with Crippen LogP contribution in [0.5, 0.6) is 0 Å². The van der Waals surface area contributed by atoms with E-state index in [1.807, 2.05) is 13.8 Å². The number of nitrogens with zero attached hydrogens (tertiary/aromatic N) is 3. The summed E-state index contributed by atoms with van der Waals surface area (Å²) in [5.74, 6) is -0.701. The van der Waals surface area contributed by atoms with Crippen LogP contribution in [-0.4, -0.2) is 55.6 Å². The van der Waals surface area contributed by atoms with Crippen LogP contribution >= 0.6 is 15.9 Å². The Balaban J connectivity index is 0.00000139. The molecule has 8 heteroatoms. The van der Waals surface area contributed by atoms with E-state index in [4.69, 9.17) is 0 Å². The maximum Gasteiger partial charge on any atom is 0.344 e. The van der Waals surface area contributed by atoms with Crippen LogP contribution in [0.15, 0.2) is 16.6 Å². The van der Waals surface area contributed by atoms with Gasteiger partial charge in [-0.05, 0) is 28.5 Å². The van der Waals surface area contributed by atoms with Crippen LogP contribution in [-0.2, 0) is 4.74 Å². The predicted molar refractivity (Wildman–Crippen MR) is 97.8 cm³/mol. The van der Waals surface area contributed by atoms with Gasteiger partial charge in [0.1, 0.15) is 5.56 Å². The third-order valence-corrected chi connectivity index (χ3v) is 4.46. The van der Waals surface area contributed by atoms with Crippen molar-refractivity contribution < 1.29 is 14.5 Å². The average Bonchev–Trinajstić information content (AvgIpc) is 2.62. The first-order chi connectivity index (χ1) is 11.5. The summed E-state index contributed by atoms with van der Waals surface area (Å²) in [6.45, 7) is 10.6. The van der Waals surface area contributed by atoms with Gasteiger partial charge in [0, 0.05) is 36.7 Å². The monoisotopic (exact) mass is 401 g/mol. The summed E-state index contributed by atoms with van der Waals surface area (Å²) in [6, 6.07) is 2.91. The van der Waals surface area contributed by atoms with Crippen LogP contribution in [0.1, 0.15) is 31.1 Å². The molecule has 0 aliphatic carbocycles. The van der Waals surface area contributed by atoms with E-state index in [-0.39, 0.29) is 11.3 Å². The molecule has 0 N–H and O–H groups in total. The highest BCUT2D eigenvalue weighted by molar-refractivity contribution is 9.10. The summed E-state index contributed by atoms with van der Waals surface area (Å²) >= 11 is 3.38. The molecule has 0 radical (unpaired) electrons. The van der Waals surface area contributed by atoms with Gasteiger partial charge < -0.3 is 14.5 Å². The summed E-state index contributed by atoms with van der Waals surface area (Å²) in [6.07, 6.45) is 0. The van der Waals surface area contributed by atoms with Gasteiger partial charge in [0.25, 0.3) is 5.69 Å². The number of nitro benzene ring substituents is 1. The van der Waals surface area contributed by atoms with Gasteiger partial charge in [-0.3, -0.25) is 10.1 Å². The number of nitro groups is 1. The molecule has 134 valence electrons. The van der Waals surface area contributed by atoms with Crippen molar-refractivity contribution in [2.24, 2.45) is 0 Å². The molecule has 1 aromatic carbocycles. The number of anilines is 1. The largest absolute Gasteiger partial charge is 0.465 e. The lowest BCUT2D eigenvalue weighted by Crippen LogP contribution is -2.46. The average molecular weight is 402 g/mol. The number of carbonyl (C=O) groups excluding carboxylic acids is 1. The van der Waals surface area contributed by atoms with E-state index in [9.17, 15) is 14.9 Å². The van der Waals surface area contributed by atoms with Gasteiger partial charge in [0.2, 0.25) is 0 Å². The Kier molecular flexibility index (Phi) is 8.14. The lowest BCUT2D eigenvalue weighted by atomic mass is 10.1. The van der Waals surface area contributed by atoms with E-state index in [2.05, 4.69) is 37.4 Å². The van der Waals surface area contributed by atoms with Crippen molar-refractivity contribution in [3.05, 3.63) is 32.3 Å². The second-order valence-electron chi connectivity index (χ2n) is 4.99. The molecule has 0 saturated carbocycles. The van der Waals surface area contributed by atoms with Crippen LogP contribution < -0.4 is 4.90 Å². The Hall–Kier alpha value is -1.67. The minimum Gasteiger partial charge on any atom is -0.465 e. The zero-order valence-electron chi connectivity index (χ0n) is 14.5. The van der Waals surface area contributed by atoms with Gasteiger partial charge in [-0.1, -0.05) is 20.8 Å². The van der Waals surface area contributed by atoms with Crippen LogP contribution in [0.4, 0.5) is 11.4 Å². The van der Waals surface area contributed by atoms with E-state index in [0.717, 1.165) is 38.4 Å². The number of carbonyl (C=O) groups is 1. The van der Waals surface area contributed by atoms with Crippen molar-refractivity contribution in [2.45, 2.75) is 20.8 Å². The van der Waals surface area contributed by atoms with Crippen molar-refractivity contribution in [3.8, 4) is 0 Å². The molecular weight excluding hydrogens is 378 g/mol. The van der Waals surface area contributed by atoms with E-state index in [1.54, 1.807) is 0 Å². The van der Waals surface area contributed by atoms with Crippen molar-refractivity contribution in [1.29, 1.82) is 0 Å². The number of piperazine rings is 1. The molecule has 1 aromatic rings. The van der Waals surface area contributed by atoms with Crippen molar-refractivity contribution >= 4 is 33.3 Å². The van der Waals surface area contributed by atoms with Crippen LogP contribution in [0.2, 0.25) is 0 Å². The quantitative estimate of drug-likeness (QED) is 0.437. The number of benzene rings is 1. The molecule has 0 aromatic heterocycles. The molecule has 0 amide bonds. The Bertz CT molecular complexity index is 587. The molecule has 24 heavy (non-hydrogen) atoms. The number of halogens is 1. The number of ether oxygens (including phenoxy) is 1. The van der Waals surface area contributed by atoms with E-state index in [0.29, 0.717) is 4.47 Å². The number of esters is 1. The van der Waals surface area contributed by atoms with Crippen molar-refractivity contribution in [3.63, 3.8) is 0 Å². The topological polar surface area (TPSA) is 75.9 Å². The number of likely N-dealkylation sites (N-methyl/N-ethyl adjacent to an activating group) is 1. The normalized spacial score (nSPS) is 14.6. The number of hydrogen-bond acceptors (Lipinski definition) is 6. The smallest absolute Gasteiger partial charge is 0.344 e.